The maximum absolute atomic E-state index is 11.8. The van der Waals surface area contributed by atoms with Gasteiger partial charge in [0.2, 0.25) is 5.91 Å². The summed E-state index contributed by atoms with van der Waals surface area (Å²) < 4.78 is 1.49. The Kier molecular flexibility index (Phi) is 4.11. The number of amides is 2. The third-order valence-corrected chi connectivity index (χ3v) is 2.16. The first-order valence-electron chi connectivity index (χ1n) is 5.79. The van der Waals surface area contributed by atoms with Gasteiger partial charge in [0.15, 0.2) is 0 Å². The van der Waals surface area contributed by atoms with Crippen LogP contribution in [0.1, 0.15) is 37.0 Å². The van der Waals surface area contributed by atoms with Crippen LogP contribution in [0.5, 0.6) is 0 Å². The molecule has 0 aliphatic heterocycles. The van der Waals surface area contributed by atoms with E-state index in [0.29, 0.717) is 5.69 Å². The molecule has 1 aromatic rings. The van der Waals surface area contributed by atoms with Crippen molar-refractivity contribution in [1.82, 2.24) is 20.4 Å². The number of carbonyl (C=O) groups excluding carboxylic acids is 2. The molecule has 0 aromatic carbocycles. The Labute approximate surface area is 107 Å². The lowest BCUT2D eigenvalue weighted by Gasteiger charge is -2.20. The summed E-state index contributed by atoms with van der Waals surface area (Å²) in [5.74, 6) is -0.517. The maximum Gasteiger partial charge on any atom is 0.269 e. The molecule has 0 bridgehead atoms. The third-order valence-electron chi connectivity index (χ3n) is 2.16. The smallest absolute Gasteiger partial charge is 0.269 e. The highest BCUT2D eigenvalue weighted by molar-refractivity contribution is 5.95. The molecule has 2 N–H and O–H groups in total. The first-order valence-corrected chi connectivity index (χ1v) is 5.79. The minimum Gasteiger partial charge on any atom is -0.350 e. The van der Waals surface area contributed by atoms with E-state index in [1.165, 1.54) is 4.68 Å². The summed E-state index contributed by atoms with van der Waals surface area (Å²) in [4.78, 5) is 23.3. The van der Waals surface area contributed by atoms with E-state index in [-0.39, 0.29) is 23.9 Å². The molecule has 0 unspecified atom stereocenters. The second-order valence-electron chi connectivity index (χ2n) is 5.28. The van der Waals surface area contributed by atoms with Crippen molar-refractivity contribution >= 4 is 11.8 Å². The predicted octanol–water partition coefficient (Wildman–Crippen LogP) is 0.373. The summed E-state index contributed by atoms with van der Waals surface area (Å²) in [6, 6.07) is 1.68. The first-order chi connectivity index (χ1) is 8.19. The molecule has 6 nitrogen and oxygen atoms in total. The largest absolute Gasteiger partial charge is 0.350 e. The van der Waals surface area contributed by atoms with E-state index < -0.39 is 0 Å². The van der Waals surface area contributed by atoms with Gasteiger partial charge in [0.05, 0.1) is 12.2 Å². The van der Waals surface area contributed by atoms with Gasteiger partial charge >= 0.3 is 0 Å². The monoisotopic (exact) mass is 252 g/mol. The lowest BCUT2D eigenvalue weighted by atomic mass is 10.1. The predicted molar refractivity (Wildman–Crippen MR) is 68.2 cm³/mol. The van der Waals surface area contributed by atoms with Crippen LogP contribution in [0.2, 0.25) is 0 Å². The summed E-state index contributed by atoms with van der Waals surface area (Å²) in [6.07, 6.45) is 0. The average molecular weight is 252 g/mol. The Morgan fingerprint density at radius 2 is 2.00 bits per heavy atom. The molecule has 100 valence electrons. The highest BCUT2D eigenvalue weighted by atomic mass is 16.2. The van der Waals surface area contributed by atoms with Crippen molar-refractivity contribution in [3.8, 4) is 0 Å². The summed E-state index contributed by atoms with van der Waals surface area (Å²) in [7, 11) is 1.69. The molecule has 1 rings (SSSR count). The van der Waals surface area contributed by atoms with Gasteiger partial charge in [-0.3, -0.25) is 14.3 Å². The number of hydrogen-bond acceptors (Lipinski definition) is 3. The van der Waals surface area contributed by atoms with Crippen molar-refractivity contribution in [3.05, 3.63) is 17.5 Å². The number of aryl methyl sites for hydroxylation is 2. The van der Waals surface area contributed by atoms with Crippen molar-refractivity contribution in [2.45, 2.75) is 33.2 Å². The normalized spacial score (nSPS) is 11.2. The van der Waals surface area contributed by atoms with Crippen LogP contribution in [0.25, 0.3) is 0 Å². The Bertz CT molecular complexity index is 457. The first kappa shape index (κ1) is 14.2. The lowest BCUT2D eigenvalue weighted by Crippen LogP contribution is -2.46. The molecule has 0 fully saturated rings. The van der Waals surface area contributed by atoms with Crippen LogP contribution in [0.3, 0.4) is 0 Å². The zero-order valence-corrected chi connectivity index (χ0v) is 11.5. The van der Waals surface area contributed by atoms with Gasteiger partial charge in [-0.25, -0.2) is 0 Å². The quantitative estimate of drug-likeness (QED) is 0.816. The Hall–Kier alpha value is -1.85. The Morgan fingerprint density at radius 1 is 1.39 bits per heavy atom. The van der Waals surface area contributed by atoms with Crippen molar-refractivity contribution in [3.63, 3.8) is 0 Å². The summed E-state index contributed by atoms with van der Waals surface area (Å²) in [6.45, 7) is 7.43. The third kappa shape index (κ3) is 4.20. The van der Waals surface area contributed by atoms with Crippen LogP contribution >= 0.6 is 0 Å². The second-order valence-corrected chi connectivity index (χ2v) is 5.28. The van der Waals surface area contributed by atoms with Crippen LogP contribution in [0, 0.1) is 6.92 Å². The standard InChI is InChI=1S/C12H20N4O2/c1-8-6-9(16(5)15-8)11(18)13-7-10(17)14-12(2,3)4/h6H,7H2,1-5H3,(H,13,18)(H,14,17). The molecule has 18 heavy (non-hydrogen) atoms. The Morgan fingerprint density at radius 3 is 2.44 bits per heavy atom. The van der Waals surface area contributed by atoms with E-state index in [1.807, 2.05) is 27.7 Å². The van der Waals surface area contributed by atoms with Crippen LogP contribution in [0.4, 0.5) is 0 Å². The molecular weight excluding hydrogens is 232 g/mol. The lowest BCUT2D eigenvalue weighted by molar-refractivity contribution is -0.121. The zero-order chi connectivity index (χ0) is 13.9. The van der Waals surface area contributed by atoms with Gasteiger partial charge < -0.3 is 10.6 Å². The van der Waals surface area contributed by atoms with E-state index >= 15 is 0 Å². The number of aromatic nitrogens is 2. The van der Waals surface area contributed by atoms with Gasteiger partial charge in [-0.2, -0.15) is 5.10 Å². The molecule has 0 aliphatic carbocycles. The second kappa shape index (κ2) is 5.20. The van der Waals surface area contributed by atoms with Crippen molar-refractivity contribution in [2.24, 2.45) is 7.05 Å². The summed E-state index contributed by atoms with van der Waals surface area (Å²) >= 11 is 0. The van der Waals surface area contributed by atoms with Crippen LogP contribution in [0.15, 0.2) is 6.07 Å². The van der Waals surface area contributed by atoms with Gasteiger partial charge in [0, 0.05) is 12.6 Å². The Balaban J connectivity index is 2.52. The van der Waals surface area contributed by atoms with Crippen molar-refractivity contribution in [2.75, 3.05) is 6.54 Å². The summed E-state index contributed by atoms with van der Waals surface area (Å²) in [5, 5.41) is 9.41. The number of hydrogen-bond donors (Lipinski definition) is 2. The molecule has 1 heterocycles. The van der Waals surface area contributed by atoms with E-state index in [9.17, 15) is 9.59 Å². The van der Waals surface area contributed by atoms with Crippen LogP contribution < -0.4 is 10.6 Å². The van der Waals surface area contributed by atoms with E-state index in [0.717, 1.165) is 5.69 Å². The molecule has 0 atom stereocenters. The van der Waals surface area contributed by atoms with Gasteiger partial charge in [-0.05, 0) is 33.8 Å². The molecule has 2 amide bonds. The zero-order valence-electron chi connectivity index (χ0n) is 11.5. The molecule has 6 heteroatoms. The molecular formula is C12H20N4O2. The van der Waals surface area contributed by atoms with E-state index in [2.05, 4.69) is 15.7 Å². The molecule has 0 saturated carbocycles. The van der Waals surface area contributed by atoms with Crippen LogP contribution in [-0.4, -0.2) is 33.7 Å². The highest BCUT2D eigenvalue weighted by Crippen LogP contribution is 2.01. The molecule has 0 spiro atoms. The molecule has 0 radical (unpaired) electrons. The SMILES string of the molecule is Cc1cc(C(=O)NCC(=O)NC(C)(C)C)n(C)n1. The number of nitrogens with zero attached hydrogens (tertiary/aromatic N) is 2. The topological polar surface area (TPSA) is 76.0 Å². The number of carbonyl (C=O) groups is 2. The fraction of sp³-hybridized carbons (Fsp3) is 0.583. The van der Waals surface area contributed by atoms with E-state index in [4.69, 9.17) is 0 Å². The minimum atomic E-state index is -0.304. The minimum absolute atomic E-state index is 0.0413. The number of rotatable bonds is 3. The van der Waals surface area contributed by atoms with Gasteiger partial charge in [0.25, 0.3) is 5.91 Å². The van der Waals surface area contributed by atoms with Crippen LogP contribution in [-0.2, 0) is 11.8 Å². The maximum atomic E-state index is 11.8. The fourth-order valence-corrected chi connectivity index (χ4v) is 1.54. The van der Waals surface area contributed by atoms with Crippen molar-refractivity contribution < 1.29 is 9.59 Å². The van der Waals surface area contributed by atoms with Gasteiger partial charge in [0.1, 0.15) is 5.69 Å². The van der Waals surface area contributed by atoms with Gasteiger partial charge in [-0.15, -0.1) is 0 Å². The summed E-state index contributed by atoms with van der Waals surface area (Å²) in [5.41, 5.74) is 0.906. The molecule has 0 saturated heterocycles. The molecule has 0 aliphatic rings. The van der Waals surface area contributed by atoms with E-state index in [1.54, 1.807) is 13.1 Å². The fourth-order valence-electron chi connectivity index (χ4n) is 1.54. The number of nitrogens with one attached hydrogen (secondary N) is 2. The highest BCUT2D eigenvalue weighted by Gasteiger charge is 2.16. The molecule has 1 aromatic heterocycles. The van der Waals surface area contributed by atoms with Gasteiger partial charge in [-0.1, -0.05) is 0 Å². The average Bonchev–Trinajstić information content (AvgIpc) is 2.52. The van der Waals surface area contributed by atoms with Crippen molar-refractivity contribution in [1.29, 1.82) is 0 Å².